The highest BCUT2D eigenvalue weighted by Gasteiger charge is 2.74. The highest BCUT2D eigenvalue weighted by atomic mass is 19.4. The smallest absolute Gasteiger partial charge is 0.410 e. The highest BCUT2D eigenvalue weighted by Crippen LogP contribution is 2.78. The summed E-state index contributed by atoms with van der Waals surface area (Å²) in [4.78, 5) is 31.1. The van der Waals surface area contributed by atoms with Gasteiger partial charge in [-0.1, -0.05) is 129 Å². The van der Waals surface area contributed by atoms with E-state index in [-0.39, 0.29) is 41.9 Å². The molecule has 0 heterocycles. The molecule has 0 radical (unpaired) electrons. The Morgan fingerprint density at radius 3 is 2.11 bits per heavy atom. The van der Waals surface area contributed by atoms with Gasteiger partial charge in [-0.3, -0.25) is 4.79 Å². The molecular weight excluding hydrogens is 816 g/mol. The maximum atomic E-state index is 15.3. The third-order valence-corrected chi connectivity index (χ3v) is 16.4. The molecule has 1 amide bonds. The monoisotopic (exact) mass is 867 g/mol. The molecule has 7 nitrogen and oxygen atoms in total. The van der Waals surface area contributed by atoms with E-state index in [1.165, 1.54) is 29.2 Å². The van der Waals surface area contributed by atoms with Gasteiger partial charge in [0.2, 0.25) is 0 Å². The molecule has 0 saturated heterocycles. The second kappa shape index (κ2) is 15.2. The summed E-state index contributed by atoms with van der Waals surface area (Å²) < 4.78 is 49.3. The number of carbonyl (C=O) groups is 2. The average Bonchev–Trinajstić information content (AvgIpc) is 3.55. The second-order valence-electron chi connectivity index (χ2n) is 19.5. The van der Waals surface area contributed by atoms with Gasteiger partial charge in [-0.05, 0) is 114 Å². The van der Waals surface area contributed by atoms with E-state index >= 15 is 4.79 Å². The molecular formula is C54H52F3NO6. The van der Waals surface area contributed by atoms with Gasteiger partial charge in [-0.25, -0.2) is 4.79 Å². The number of nitrogens with zero attached hydrogens (tertiary/aromatic N) is 1. The normalized spacial score (nSPS) is 31.4. The van der Waals surface area contributed by atoms with E-state index in [1.54, 1.807) is 12.1 Å². The number of aliphatic hydroxyl groups excluding tert-OH is 1. The number of hydrogen-bond donors (Lipinski definition) is 2. The van der Waals surface area contributed by atoms with Crippen molar-refractivity contribution in [1.29, 1.82) is 0 Å². The number of aliphatic hydroxyl groups is 2. The van der Waals surface area contributed by atoms with Crippen LogP contribution in [0.2, 0.25) is 0 Å². The van der Waals surface area contributed by atoms with Crippen molar-refractivity contribution in [3.05, 3.63) is 156 Å². The number of rotatable bonds is 9. The first-order chi connectivity index (χ1) is 30.5. The Labute approximate surface area is 371 Å². The Morgan fingerprint density at radius 2 is 1.38 bits per heavy atom. The minimum absolute atomic E-state index is 0.0475. The van der Waals surface area contributed by atoms with E-state index in [4.69, 9.17) is 4.74 Å². The molecule has 0 aliphatic heterocycles. The molecule has 0 aromatic heterocycles. The van der Waals surface area contributed by atoms with Gasteiger partial charge in [0.1, 0.15) is 11.5 Å². The molecule has 3 saturated carbocycles. The van der Waals surface area contributed by atoms with Crippen LogP contribution in [0.15, 0.2) is 145 Å². The zero-order valence-corrected chi connectivity index (χ0v) is 36.0. The lowest BCUT2D eigenvalue weighted by molar-refractivity contribution is -0.274. The molecule has 10 heteroatoms. The highest BCUT2D eigenvalue weighted by molar-refractivity contribution is 6.10. The van der Waals surface area contributed by atoms with Crippen molar-refractivity contribution in [2.24, 2.45) is 33.5 Å². The lowest BCUT2D eigenvalue weighted by Gasteiger charge is -2.71. The summed E-state index contributed by atoms with van der Waals surface area (Å²) in [5, 5.41) is 26.3. The van der Waals surface area contributed by atoms with Crippen molar-refractivity contribution in [2.75, 3.05) is 6.54 Å². The van der Waals surface area contributed by atoms with Crippen LogP contribution in [0.5, 0.6) is 11.5 Å². The van der Waals surface area contributed by atoms with Crippen LogP contribution in [0.3, 0.4) is 0 Å². The first-order valence-corrected chi connectivity index (χ1v) is 22.4. The number of Topliss-reactive ketones (excluding diaryl/α,β-unsaturated/α-hetero) is 1. The van der Waals surface area contributed by atoms with Gasteiger partial charge in [0, 0.05) is 33.9 Å². The van der Waals surface area contributed by atoms with Crippen LogP contribution in [0.1, 0.15) is 74.7 Å². The van der Waals surface area contributed by atoms with E-state index in [0.29, 0.717) is 49.0 Å². The van der Waals surface area contributed by atoms with Crippen LogP contribution in [-0.4, -0.2) is 51.6 Å². The fraction of sp³-hybridized carbons (Fsp3) is 0.370. The number of ether oxygens (including phenoxy) is 2. The van der Waals surface area contributed by atoms with Gasteiger partial charge in [0.15, 0.2) is 5.78 Å². The molecule has 6 aliphatic rings. The SMILES string of the molecule is C[C@]12CC[C@H]3[C@]4(C=C[C@@]5(C=C4C(=O)c4ccc(-c6ccccc6)cc4)CC(O)CC[C@]35C)[C@@H]1CC[C@@]2(O)CN(Cc1ccc(OC(F)(F)F)cc1)C(=O)Oc1ccc2ccccc2c1. The molecule has 1 unspecified atom stereocenters. The van der Waals surface area contributed by atoms with E-state index in [9.17, 15) is 28.2 Å². The molecule has 64 heavy (non-hydrogen) atoms. The molecule has 5 aromatic rings. The molecule has 6 aliphatic carbocycles. The van der Waals surface area contributed by atoms with Crippen molar-refractivity contribution in [2.45, 2.75) is 83.4 Å². The van der Waals surface area contributed by atoms with Gasteiger partial charge >= 0.3 is 12.5 Å². The van der Waals surface area contributed by atoms with Gasteiger partial charge < -0.3 is 24.6 Å². The number of alkyl halides is 3. The van der Waals surface area contributed by atoms with Crippen LogP contribution >= 0.6 is 0 Å². The molecule has 2 N–H and O–H groups in total. The summed E-state index contributed by atoms with van der Waals surface area (Å²) in [5.74, 6) is -0.229. The molecule has 3 fully saturated rings. The summed E-state index contributed by atoms with van der Waals surface area (Å²) >= 11 is 0. The number of halogens is 3. The van der Waals surface area contributed by atoms with Crippen LogP contribution in [0, 0.1) is 33.5 Å². The topological polar surface area (TPSA) is 96.3 Å². The predicted octanol–water partition coefficient (Wildman–Crippen LogP) is 11.9. The average molecular weight is 868 g/mol. The first kappa shape index (κ1) is 42.3. The Kier molecular flexibility index (Phi) is 10.0. The van der Waals surface area contributed by atoms with Crippen LogP contribution in [0.4, 0.5) is 18.0 Å². The zero-order chi connectivity index (χ0) is 44.7. The quantitative estimate of drug-likeness (QED) is 0.113. The number of benzene rings is 5. The first-order valence-electron chi connectivity index (χ1n) is 22.4. The summed E-state index contributed by atoms with van der Waals surface area (Å²) in [7, 11) is 0. The van der Waals surface area contributed by atoms with E-state index in [1.807, 2.05) is 84.9 Å². The number of fused-ring (bicyclic) bond motifs is 2. The number of allylic oxidation sites excluding steroid dienone is 4. The van der Waals surface area contributed by atoms with Crippen molar-refractivity contribution in [3.63, 3.8) is 0 Å². The molecule has 2 bridgehead atoms. The van der Waals surface area contributed by atoms with Crippen molar-refractivity contribution in [1.82, 2.24) is 4.90 Å². The summed E-state index contributed by atoms with van der Waals surface area (Å²) in [6, 6.07) is 36.3. The van der Waals surface area contributed by atoms with Crippen molar-refractivity contribution >= 4 is 22.6 Å². The number of hydrogen-bond acceptors (Lipinski definition) is 6. The molecule has 2 spiro atoms. The predicted molar refractivity (Wildman–Crippen MR) is 238 cm³/mol. The van der Waals surface area contributed by atoms with Gasteiger partial charge in [-0.2, -0.15) is 0 Å². The minimum atomic E-state index is -4.86. The Hall–Kier alpha value is -5.71. The second-order valence-corrected chi connectivity index (χ2v) is 19.5. The fourth-order valence-corrected chi connectivity index (χ4v) is 13.1. The Morgan fingerprint density at radius 1 is 0.734 bits per heavy atom. The summed E-state index contributed by atoms with van der Waals surface area (Å²) in [6.07, 6.45) is 5.03. The maximum Gasteiger partial charge on any atom is 0.573 e. The Balaban J connectivity index is 1.01. The number of amides is 1. The van der Waals surface area contributed by atoms with E-state index in [2.05, 4.69) is 36.8 Å². The number of carbonyl (C=O) groups excluding carboxylic acids is 2. The van der Waals surface area contributed by atoms with Crippen LogP contribution < -0.4 is 9.47 Å². The maximum absolute atomic E-state index is 15.3. The third kappa shape index (κ3) is 6.78. The van der Waals surface area contributed by atoms with Gasteiger partial charge in [0.25, 0.3) is 0 Å². The molecule has 330 valence electrons. The van der Waals surface area contributed by atoms with Crippen LogP contribution in [0.25, 0.3) is 21.9 Å². The minimum Gasteiger partial charge on any atom is -0.410 e. The molecule has 5 aromatic carbocycles. The zero-order valence-electron chi connectivity index (χ0n) is 36.0. The van der Waals surface area contributed by atoms with Crippen molar-refractivity contribution in [3.8, 4) is 22.6 Å². The third-order valence-electron chi connectivity index (χ3n) is 16.4. The van der Waals surface area contributed by atoms with E-state index in [0.717, 1.165) is 40.3 Å². The standard InChI is InChI=1S/C54H52F3NO6/c1-49-25-22-41(59)31-51(49)28-29-53(44(32-51)47(60)39-16-14-38(15-17-39)36-8-4-3-5-9-36)45(49)23-26-50(2)46(53)24-27-52(50,62)34-58(33-35-12-19-42(20-13-35)64-54(55,56)57)48(61)63-43-21-18-37-10-6-7-11-40(37)30-43/h3-21,28-30,32,41,45-46,59,62H,22-27,31,33-34H2,1-2H3/t41?,45-,46-,49-,50+,51+,52-,53-/m1/s1. The molecule has 8 atom stereocenters. The largest absolute Gasteiger partial charge is 0.573 e. The fourth-order valence-electron chi connectivity index (χ4n) is 13.1. The summed E-state index contributed by atoms with van der Waals surface area (Å²) in [5.41, 5.74) is 0.228. The lowest BCUT2D eigenvalue weighted by Crippen LogP contribution is -2.67. The van der Waals surface area contributed by atoms with Crippen LogP contribution in [-0.2, 0) is 6.54 Å². The Bertz CT molecular complexity index is 2680. The summed E-state index contributed by atoms with van der Waals surface area (Å²) in [6.45, 7) is 4.29. The van der Waals surface area contributed by atoms with Gasteiger partial charge in [0.05, 0.1) is 18.2 Å². The van der Waals surface area contributed by atoms with Gasteiger partial charge in [-0.15, -0.1) is 13.2 Å². The van der Waals surface area contributed by atoms with Crippen molar-refractivity contribution < 1.29 is 42.4 Å². The van der Waals surface area contributed by atoms with E-state index < -0.39 is 40.4 Å². The number of ketones is 1. The lowest BCUT2D eigenvalue weighted by atomic mass is 9.32. The molecule has 11 rings (SSSR count).